The van der Waals surface area contributed by atoms with Gasteiger partial charge in [0.1, 0.15) is 23.0 Å². The standard InChI is InChI=1S/C29H33F2N7O2/c1-17(18-5-7-19(8-6-18)26(39)32-16-24-34-36-37-35-24)38-27(40)25(20-13-22(30)15-23(31)14-20)33-29(38)11-9-21(10-12-29)28(2,3)4/h5-8,13-15,17,21H,9-12,16H2,1-4H3,(H,32,39)(H,34,35,36,37). The highest BCUT2D eigenvalue weighted by molar-refractivity contribution is 6.46. The Kier molecular flexibility index (Phi) is 7.24. The predicted molar refractivity (Wildman–Crippen MR) is 144 cm³/mol. The van der Waals surface area contributed by atoms with Gasteiger partial charge in [-0.25, -0.2) is 8.78 Å². The number of amides is 2. The number of nitrogens with one attached hydrogen (secondary N) is 2. The molecule has 1 unspecified atom stereocenters. The molecular weight excluding hydrogens is 516 g/mol. The summed E-state index contributed by atoms with van der Waals surface area (Å²) in [5.74, 6) is -1.31. The molecule has 2 N–H and O–H groups in total. The third kappa shape index (κ3) is 5.37. The Bertz CT molecular complexity index is 1400. The van der Waals surface area contributed by atoms with Gasteiger partial charge in [-0.1, -0.05) is 38.1 Å². The first-order valence-electron chi connectivity index (χ1n) is 13.5. The molecule has 1 saturated carbocycles. The van der Waals surface area contributed by atoms with Gasteiger partial charge in [-0.3, -0.25) is 14.6 Å². The van der Waals surface area contributed by atoms with Gasteiger partial charge in [0.25, 0.3) is 11.8 Å². The van der Waals surface area contributed by atoms with Crippen molar-refractivity contribution in [1.29, 1.82) is 0 Å². The zero-order valence-corrected chi connectivity index (χ0v) is 23.0. The molecule has 1 spiro atoms. The highest BCUT2D eigenvalue weighted by atomic mass is 19.1. The summed E-state index contributed by atoms with van der Waals surface area (Å²) < 4.78 is 28.2. The van der Waals surface area contributed by atoms with Gasteiger partial charge < -0.3 is 10.2 Å². The summed E-state index contributed by atoms with van der Waals surface area (Å²) in [6, 6.07) is 9.74. The number of aromatic nitrogens is 4. The van der Waals surface area contributed by atoms with Crippen LogP contribution in [0.4, 0.5) is 8.78 Å². The Balaban J connectivity index is 1.41. The van der Waals surface area contributed by atoms with Gasteiger partial charge in [-0.15, -0.1) is 10.2 Å². The van der Waals surface area contributed by atoms with Gasteiger partial charge in [0.05, 0.1) is 12.6 Å². The number of H-pyrrole nitrogens is 1. The number of carbonyl (C=O) groups is 2. The summed E-state index contributed by atoms with van der Waals surface area (Å²) in [5, 5.41) is 16.2. The van der Waals surface area contributed by atoms with Crippen molar-refractivity contribution >= 4 is 17.5 Å². The van der Waals surface area contributed by atoms with Crippen molar-refractivity contribution in [2.75, 3.05) is 0 Å². The molecule has 2 amide bonds. The SMILES string of the molecule is CC(c1ccc(C(=O)NCc2nn[nH]n2)cc1)N1C(=O)C(c2cc(F)cc(F)c2)=NC12CCC(C(C)(C)C)CC2. The molecule has 9 nitrogen and oxygen atoms in total. The van der Waals surface area contributed by atoms with Crippen LogP contribution in [0.15, 0.2) is 47.5 Å². The smallest absolute Gasteiger partial charge is 0.275 e. The van der Waals surface area contributed by atoms with E-state index in [2.05, 4.69) is 46.7 Å². The molecule has 0 bridgehead atoms. The monoisotopic (exact) mass is 549 g/mol. The molecule has 0 radical (unpaired) electrons. The fraction of sp³-hybridized carbons (Fsp3) is 0.448. The van der Waals surface area contributed by atoms with E-state index < -0.39 is 23.3 Å². The minimum Gasteiger partial charge on any atom is -0.345 e. The second-order valence-corrected chi connectivity index (χ2v) is 11.7. The van der Waals surface area contributed by atoms with E-state index >= 15 is 0 Å². The van der Waals surface area contributed by atoms with Gasteiger partial charge in [0.15, 0.2) is 5.82 Å². The van der Waals surface area contributed by atoms with Gasteiger partial charge in [0, 0.05) is 17.2 Å². The summed E-state index contributed by atoms with van der Waals surface area (Å²) in [6.07, 6.45) is 3.08. The molecule has 1 fully saturated rings. The number of rotatable bonds is 6. The summed E-state index contributed by atoms with van der Waals surface area (Å²) in [6.45, 7) is 8.72. The van der Waals surface area contributed by atoms with Gasteiger partial charge in [0.2, 0.25) is 0 Å². The molecule has 3 aromatic rings. The average Bonchev–Trinajstić information content (AvgIpc) is 3.52. The lowest BCUT2D eigenvalue weighted by molar-refractivity contribution is -0.132. The number of hydrogen-bond acceptors (Lipinski definition) is 6. The zero-order chi connectivity index (χ0) is 28.7. The number of tetrazole rings is 1. The van der Waals surface area contributed by atoms with Crippen molar-refractivity contribution in [3.8, 4) is 0 Å². The number of aliphatic imine (C=N–C) groups is 1. The van der Waals surface area contributed by atoms with Crippen LogP contribution >= 0.6 is 0 Å². The van der Waals surface area contributed by atoms with E-state index in [9.17, 15) is 18.4 Å². The second kappa shape index (κ2) is 10.5. The molecule has 1 atom stereocenters. The number of carbonyl (C=O) groups excluding carboxylic acids is 2. The fourth-order valence-electron chi connectivity index (χ4n) is 5.91. The van der Waals surface area contributed by atoms with E-state index in [1.807, 2.05) is 19.1 Å². The lowest BCUT2D eigenvalue weighted by Crippen LogP contribution is -2.50. The first kappa shape index (κ1) is 27.5. The van der Waals surface area contributed by atoms with E-state index in [0.29, 0.717) is 30.1 Å². The van der Waals surface area contributed by atoms with Crippen molar-refractivity contribution in [2.24, 2.45) is 16.3 Å². The molecule has 1 aliphatic heterocycles. The maximum absolute atomic E-state index is 14.1. The van der Waals surface area contributed by atoms with E-state index in [1.165, 1.54) is 0 Å². The summed E-state index contributed by atoms with van der Waals surface area (Å²) >= 11 is 0. The lowest BCUT2D eigenvalue weighted by atomic mass is 9.69. The molecule has 1 aliphatic carbocycles. The largest absolute Gasteiger partial charge is 0.345 e. The number of halogens is 2. The van der Waals surface area contributed by atoms with Crippen molar-refractivity contribution in [3.05, 3.63) is 76.6 Å². The number of hydrogen-bond donors (Lipinski definition) is 2. The molecule has 2 aromatic carbocycles. The minimum absolute atomic E-state index is 0.0805. The number of nitrogens with zero attached hydrogens (tertiary/aromatic N) is 5. The molecule has 40 heavy (non-hydrogen) atoms. The van der Waals surface area contributed by atoms with Crippen LogP contribution < -0.4 is 5.32 Å². The van der Waals surface area contributed by atoms with Crippen LogP contribution in [0.5, 0.6) is 0 Å². The summed E-state index contributed by atoms with van der Waals surface area (Å²) in [5.41, 5.74) is 0.804. The Morgan fingerprint density at radius 3 is 2.35 bits per heavy atom. The number of benzene rings is 2. The third-order valence-corrected chi connectivity index (χ3v) is 8.18. The molecule has 11 heteroatoms. The minimum atomic E-state index is -0.809. The predicted octanol–water partition coefficient (Wildman–Crippen LogP) is 4.73. The van der Waals surface area contributed by atoms with Crippen LogP contribution in [0.25, 0.3) is 0 Å². The Morgan fingerprint density at radius 1 is 1.12 bits per heavy atom. The molecule has 5 rings (SSSR count). The normalized spacial score (nSPS) is 21.9. The van der Waals surface area contributed by atoms with Gasteiger partial charge in [-0.2, -0.15) is 5.21 Å². The topological polar surface area (TPSA) is 116 Å². The molecule has 210 valence electrons. The van der Waals surface area contributed by atoms with E-state index in [-0.39, 0.29) is 35.0 Å². The Labute approximate surface area is 231 Å². The first-order valence-corrected chi connectivity index (χ1v) is 13.5. The van der Waals surface area contributed by atoms with Gasteiger partial charge >= 0.3 is 0 Å². The van der Waals surface area contributed by atoms with Crippen molar-refractivity contribution in [3.63, 3.8) is 0 Å². The quantitative estimate of drug-likeness (QED) is 0.461. The lowest BCUT2D eigenvalue weighted by Gasteiger charge is -2.46. The van der Waals surface area contributed by atoms with Crippen LogP contribution in [-0.4, -0.2) is 48.7 Å². The van der Waals surface area contributed by atoms with Crippen molar-refractivity contribution in [1.82, 2.24) is 30.8 Å². The highest BCUT2D eigenvalue weighted by Crippen LogP contribution is 2.49. The second-order valence-electron chi connectivity index (χ2n) is 11.7. The van der Waals surface area contributed by atoms with Crippen LogP contribution in [0.1, 0.15) is 86.7 Å². The fourth-order valence-corrected chi connectivity index (χ4v) is 5.91. The maximum atomic E-state index is 14.1. The maximum Gasteiger partial charge on any atom is 0.275 e. The summed E-state index contributed by atoms with van der Waals surface area (Å²) in [7, 11) is 0. The van der Waals surface area contributed by atoms with E-state index in [4.69, 9.17) is 4.99 Å². The van der Waals surface area contributed by atoms with E-state index in [1.54, 1.807) is 17.0 Å². The number of aromatic amines is 1. The molecular formula is C29H33F2N7O2. The van der Waals surface area contributed by atoms with E-state index in [0.717, 1.165) is 36.6 Å². The van der Waals surface area contributed by atoms with Crippen LogP contribution in [0.2, 0.25) is 0 Å². The molecule has 2 heterocycles. The van der Waals surface area contributed by atoms with Crippen molar-refractivity contribution in [2.45, 2.75) is 71.6 Å². The Hall–Kier alpha value is -4.02. The van der Waals surface area contributed by atoms with Gasteiger partial charge in [-0.05, 0) is 73.8 Å². The highest BCUT2D eigenvalue weighted by Gasteiger charge is 2.52. The summed E-state index contributed by atoms with van der Waals surface area (Å²) in [4.78, 5) is 33.2. The third-order valence-electron chi connectivity index (χ3n) is 8.18. The van der Waals surface area contributed by atoms with Crippen molar-refractivity contribution < 1.29 is 18.4 Å². The molecule has 2 aliphatic rings. The molecule has 0 saturated heterocycles. The average molecular weight is 550 g/mol. The molecule has 1 aromatic heterocycles. The first-order chi connectivity index (χ1) is 19.0. The van der Waals surface area contributed by atoms with Crippen LogP contribution in [0.3, 0.4) is 0 Å². The van der Waals surface area contributed by atoms with Crippen LogP contribution in [-0.2, 0) is 11.3 Å². The Morgan fingerprint density at radius 2 is 1.77 bits per heavy atom. The van der Waals surface area contributed by atoms with Crippen LogP contribution in [0, 0.1) is 23.0 Å². The zero-order valence-electron chi connectivity index (χ0n) is 23.0.